The van der Waals surface area contributed by atoms with Crippen molar-refractivity contribution in [1.82, 2.24) is 4.98 Å². The minimum absolute atomic E-state index is 0.117. The maximum atomic E-state index is 7.27. The lowest BCUT2D eigenvalue weighted by molar-refractivity contribution is 0.590. The summed E-state index contributed by atoms with van der Waals surface area (Å²) in [6, 6.07) is 18.2. The largest absolute Gasteiger partial charge is 0.353 e. The Labute approximate surface area is 161 Å². The zero-order valence-electron chi connectivity index (χ0n) is 16.2. The highest BCUT2D eigenvalue weighted by atomic mass is 15.0. The number of nitrogens with one attached hydrogen (secondary N) is 2. The van der Waals surface area contributed by atoms with Gasteiger partial charge in [0.25, 0.3) is 0 Å². The van der Waals surface area contributed by atoms with Crippen LogP contribution in [0, 0.1) is 13.5 Å². The summed E-state index contributed by atoms with van der Waals surface area (Å²) in [5.41, 5.74) is 5.75. The van der Waals surface area contributed by atoms with Crippen LogP contribution in [0.3, 0.4) is 0 Å². The predicted octanol–water partition coefficient (Wildman–Crippen LogP) is 6.73. The lowest BCUT2D eigenvalue weighted by Crippen LogP contribution is -2.10. The lowest BCUT2D eigenvalue weighted by atomic mass is 9.87. The van der Waals surface area contributed by atoms with Crippen LogP contribution < -0.4 is 10.6 Å². The van der Waals surface area contributed by atoms with Gasteiger partial charge in [0, 0.05) is 17.6 Å². The van der Waals surface area contributed by atoms with Crippen molar-refractivity contribution >= 4 is 28.6 Å². The number of hydrogen-bond acceptors (Lipinski definition) is 3. The quantitative estimate of drug-likeness (QED) is 0.509. The minimum atomic E-state index is 0.117. The van der Waals surface area contributed by atoms with Gasteiger partial charge in [-0.05, 0) is 47.7 Å². The van der Waals surface area contributed by atoms with Crippen molar-refractivity contribution in [3.63, 3.8) is 0 Å². The van der Waals surface area contributed by atoms with Crippen LogP contribution in [0.15, 0.2) is 60.8 Å². The Morgan fingerprint density at radius 2 is 1.63 bits per heavy atom. The van der Waals surface area contributed by atoms with Gasteiger partial charge in [-0.1, -0.05) is 51.1 Å². The Bertz CT molecular complexity index is 976. The fourth-order valence-electron chi connectivity index (χ4n) is 2.76. The fraction of sp³-hybridized carbons (Fsp3) is 0.217. The fourth-order valence-corrected chi connectivity index (χ4v) is 2.76. The number of benzene rings is 2. The van der Waals surface area contributed by atoms with E-state index in [4.69, 9.17) is 6.57 Å². The van der Waals surface area contributed by atoms with Crippen LogP contribution in [0.2, 0.25) is 0 Å². The normalized spacial score (nSPS) is 10.9. The first-order valence-electron chi connectivity index (χ1n) is 8.94. The monoisotopic (exact) mass is 356 g/mol. The van der Waals surface area contributed by atoms with Crippen molar-refractivity contribution in [2.75, 3.05) is 10.6 Å². The van der Waals surface area contributed by atoms with Crippen molar-refractivity contribution in [1.29, 1.82) is 0 Å². The number of aryl methyl sites for hydroxylation is 1. The molecule has 2 aromatic carbocycles. The number of para-hydroxylation sites is 1. The number of pyridine rings is 1. The summed E-state index contributed by atoms with van der Waals surface area (Å²) < 4.78 is 0. The number of anilines is 4. The van der Waals surface area contributed by atoms with Crippen molar-refractivity contribution in [2.24, 2.45) is 0 Å². The summed E-state index contributed by atoms with van der Waals surface area (Å²) >= 11 is 0. The molecule has 0 bridgehead atoms. The third-order valence-electron chi connectivity index (χ3n) is 4.43. The first-order valence-corrected chi connectivity index (χ1v) is 8.94. The Morgan fingerprint density at radius 1 is 0.926 bits per heavy atom. The van der Waals surface area contributed by atoms with Crippen LogP contribution in [-0.2, 0) is 5.41 Å². The van der Waals surface area contributed by atoms with Gasteiger partial charge in [-0.2, -0.15) is 0 Å². The predicted molar refractivity (Wildman–Crippen MR) is 113 cm³/mol. The van der Waals surface area contributed by atoms with Crippen LogP contribution in [0.4, 0.5) is 28.6 Å². The standard InChI is InChI=1S/C23H24N4/c1-16-8-6-7-9-20(16)27-21-14-19(24-5)15-25-22(21)26-18-12-10-17(11-13-18)23(2,3)4/h6-15,27H,1-4H3,(H,25,26). The zero-order valence-corrected chi connectivity index (χ0v) is 16.2. The average Bonchev–Trinajstić information content (AvgIpc) is 2.64. The minimum Gasteiger partial charge on any atom is -0.353 e. The van der Waals surface area contributed by atoms with Crippen LogP contribution in [0.25, 0.3) is 4.85 Å². The molecular weight excluding hydrogens is 332 g/mol. The Morgan fingerprint density at radius 3 is 2.26 bits per heavy atom. The number of aromatic nitrogens is 1. The molecule has 0 atom stereocenters. The highest BCUT2D eigenvalue weighted by Gasteiger charge is 2.13. The van der Waals surface area contributed by atoms with Gasteiger partial charge in [0.15, 0.2) is 5.82 Å². The molecule has 0 saturated heterocycles. The molecular formula is C23H24N4. The second kappa shape index (κ2) is 7.51. The maximum absolute atomic E-state index is 7.27. The lowest BCUT2D eigenvalue weighted by Gasteiger charge is -2.20. The molecule has 0 aliphatic rings. The molecule has 0 aliphatic carbocycles. The van der Waals surface area contributed by atoms with E-state index in [1.165, 1.54) is 5.56 Å². The first-order chi connectivity index (χ1) is 12.9. The molecule has 27 heavy (non-hydrogen) atoms. The Balaban J connectivity index is 1.91. The summed E-state index contributed by atoms with van der Waals surface area (Å²) in [6.45, 7) is 15.9. The summed E-state index contributed by atoms with van der Waals surface area (Å²) in [4.78, 5) is 7.96. The van der Waals surface area contributed by atoms with Crippen LogP contribution in [0.5, 0.6) is 0 Å². The van der Waals surface area contributed by atoms with Gasteiger partial charge in [-0.15, -0.1) is 0 Å². The van der Waals surface area contributed by atoms with Gasteiger partial charge in [-0.3, -0.25) is 0 Å². The van der Waals surface area contributed by atoms with E-state index in [0.717, 1.165) is 22.6 Å². The molecule has 0 saturated carbocycles. The second-order valence-corrected chi connectivity index (χ2v) is 7.59. The number of hydrogen-bond donors (Lipinski definition) is 2. The molecule has 3 rings (SSSR count). The van der Waals surface area contributed by atoms with E-state index in [1.807, 2.05) is 37.3 Å². The van der Waals surface area contributed by atoms with Gasteiger partial charge in [0.2, 0.25) is 5.69 Å². The highest BCUT2D eigenvalue weighted by Crippen LogP contribution is 2.32. The maximum Gasteiger partial charge on any atom is 0.207 e. The summed E-state index contributed by atoms with van der Waals surface area (Å²) in [6.07, 6.45) is 1.59. The molecule has 0 amide bonds. The van der Waals surface area contributed by atoms with E-state index in [2.05, 4.69) is 65.5 Å². The molecule has 1 aromatic heterocycles. The van der Waals surface area contributed by atoms with Gasteiger partial charge in [0.05, 0.1) is 12.3 Å². The third-order valence-corrected chi connectivity index (χ3v) is 4.43. The van der Waals surface area contributed by atoms with Gasteiger partial charge in [0.1, 0.15) is 0 Å². The molecule has 0 radical (unpaired) electrons. The van der Waals surface area contributed by atoms with E-state index >= 15 is 0 Å². The van der Waals surface area contributed by atoms with Crippen molar-refractivity contribution < 1.29 is 0 Å². The summed E-state index contributed by atoms with van der Waals surface area (Å²) in [5, 5.41) is 6.77. The highest BCUT2D eigenvalue weighted by molar-refractivity contribution is 5.79. The van der Waals surface area contributed by atoms with Crippen LogP contribution in [-0.4, -0.2) is 4.98 Å². The van der Waals surface area contributed by atoms with E-state index in [1.54, 1.807) is 6.20 Å². The van der Waals surface area contributed by atoms with E-state index in [-0.39, 0.29) is 5.41 Å². The topological polar surface area (TPSA) is 41.3 Å². The smallest absolute Gasteiger partial charge is 0.207 e. The SMILES string of the molecule is [C-]#[N+]c1cnc(Nc2ccc(C(C)(C)C)cc2)c(Nc2ccccc2C)c1. The molecule has 136 valence electrons. The van der Waals surface area contributed by atoms with E-state index < -0.39 is 0 Å². The molecule has 0 aliphatic heterocycles. The van der Waals surface area contributed by atoms with E-state index in [9.17, 15) is 0 Å². The van der Waals surface area contributed by atoms with Crippen LogP contribution in [0.1, 0.15) is 31.9 Å². The van der Waals surface area contributed by atoms with Crippen molar-refractivity contribution in [2.45, 2.75) is 33.1 Å². The van der Waals surface area contributed by atoms with Gasteiger partial charge in [-0.25, -0.2) is 9.83 Å². The molecule has 0 fully saturated rings. The summed E-state index contributed by atoms with van der Waals surface area (Å²) in [5.74, 6) is 0.689. The second-order valence-electron chi connectivity index (χ2n) is 7.59. The molecule has 0 spiro atoms. The number of rotatable bonds is 4. The molecule has 4 nitrogen and oxygen atoms in total. The molecule has 1 heterocycles. The molecule has 4 heteroatoms. The van der Waals surface area contributed by atoms with Crippen LogP contribution >= 0.6 is 0 Å². The molecule has 2 N–H and O–H groups in total. The zero-order chi connectivity index (χ0) is 19.4. The Kier molecular flexibility index (Phi) is 5.14. The van der Waals surface area contributed by atoms with Gasteiger partial charge < -0.3 is 10.6 Å². The van der Waals surface area contributed by atoms with Crippen molar-refractivity contribution in [3.8, 4) is 0 Å². The molecule has 3 aromatic rings. The average molecular weight is 356 g/mol. The molecule has 0 unspecified atom stereocenters. The van der Waals surface area contributed by atoms with E-state index in [0.29, 0.717) is 11.5 Å². The first kappa shape index (κ1) is 18.5. The Hall–Kier alpha value is -3.32. The summed E-state index contributed by atoms with van der Waals surface area (Å²) in [7, 11) is 0. The van der Waals surface area contributed by atoms with Gasteiger partial charge >= 0.3 is 0 Å². The third kappa shape index (κ3) is 4.45. The van der Waals surface area contributed by atoms with Crippen molar-refractivity contribution in [3.05, 3.63) is 83.3 Å². The number of nitrogens with zero attached hydrogens (tertiary/aromatic N) is 2.